The second kappa shape index (κ2) is 5.18. The number of benzene rings is 1. The highest BCUT2D eigenvalue weighted by Gasteiger charge is 2.14. The molecule has 1 aromatic carbocycles. The minimum absolute atomic E-state index is 0.0578. The minimum atomic E-state index is -0.536. The summed E-state index contributed by atoms with van der Waals surface area (Å²) in [7, 11) is 1.66. The zero-order valence-corrected chi connectivity index (χ0v) is 10.4. The van der Waals surface area contributed by atoms with Crippen molar-refractivity contribution in [3.63, 3.8) is 0 Å². The lowest BCUT2D eigenvalue weighted by molar-refractivity contribution is 0.0785. The molecule has 0 saturated carbocycles. The summed E-state index contributed by atoms with van der Waals surface area (Å²) in [4.78, 5) is 13.6. The van der Waals surface area contributed by atoms with Crippen LogP contribution in [0.4, 0.5) is 4.39 Å². The van der Waals surface area contributed by atoms with Gasteiger partial charge in [-0.1, -0.05) is 11.6 Å². The van der Waals surface area contributed by atoms with E-state index in [1.165, 1.54) is 23.1 Å². The first-order valence-electron chi connectivity index (χ1n) is 5.26. The van der Waals surface area contributed by atoms with E-state index in [1.807, 2.05) is 0 Å². The van der Waals surface area contributed by atoms with Crippen LogP contribution in [0.3, 0.4) is 0 Å². The third-order valence-corrected chi connectivity index (χ3v) is 2.78. The third kappa shape index (κ3) is 2.68. The van der Waals surface area contributed by atoms with Gasteiger partial charge in [-0.2, -0.15) is 5.10 Å². The first-order chi connectivity index (χ1) is 8.58. The van der Waals surface area contributed by atoms with Gasteiger partial charge in [-0.05, 0) is 18.2 Å². The molecule has 0 saturated heterocycles. The lowest BCUT2D eigenvalue weighted by Crippen LogP contribution is -2.26. The summed E-state index contributed by atoms with van der Waals surface area (Å²) in [6.07, 6.45) is 3.35. The summed E-state index contributed by atoms with van der Waals surface area (Å²) in [5, 5.41) is 6.41. The van der Waals surface area contributed by atoms with Crippen LogP contribution in [0.25, 0.3) is 0 Å². The topological polar surface area (TPSA) is 49.0 Å². The van der Waals surface area contributed by atoms with E-state index in [0.29, 0.717) is 12.1 Å². The highest BCUT2D eigenvalue weighted by atomic mass is 35.5. The summed E-state index contributed by atoms with van der Waals surface area (Å²) in [5.41, 5.74) is 1.24. The fourth-order valence-corrected chi connectivity index (χ4v) is 1.74. The van der Waals surface area contributed by atoms with E-state index in [1.54, 1.807) is 19.4 Å². The van der Waals surface area contributed by atoms with Gasteiger partial charge < -0.3 is 4.90 Å². The predicted octanol–water partition coefficient (Wildman–Crippen LogP) is 2.47. The largest absolute Gasteiger partial charge is 0.337 e. The summed E-state index contributed by atoms with van der Waals surface area (Å²) < 4.78 is 13.0. The number of H-pyrrole nitrogens is 1. The van der Waals surface area contributed by atoms with Crippen molar-refractivity contribution in [2.45, 2.75) is 6.54 Å². The van der Waals surface area contributed by atoms with Gasteiger partial charge in [-0.25, -0.2) is 4.39 Å². The summed E-state index contributed by atoms with van der Waals surface area (Å²) >= 11 is 5.64. The highest BCUT2D eigenvalue weighted by molar-refractivity contribution is 6.31. The van der Waals surface area contributed by atoms with Gasteiger partial charge in [0.05, 0.1) is 11.2 Å². The standard InChI is InChI=1S/C12H11ClFN3O/c1-17(7-8-5-15-16-6-8)12(18)9-2-3-11(14)10(13)4-9/h2-6H,7H2,1H3,(H,15,16). The number of carbonyl (C=O) groups excluding carboxylic acids is 1. The number of amides is 1. The Balaban J connectivity index is 2.12. The van der Waals surface area contributed by atoms with Gasteiger partial charge in [0.25, 0.3) is 5.91 Å². The molecule has 0 aliphatic rings. The van der Waals surface area contributed by atoms with E-state index >= 15 is 0 Å². The highest BCUT2D eigenvalue weighted by Crippen LogP contribution is 2.17. The number of nitrogens with one attached hydrogen (secondary N) is 1. The molecule has 6 heteroatoms. The fourth-order valence-electron chi connectivity index (χ4n) is 1.56. The molecule has 0 aliphatic carbocycles. The smallest absolute Gasteiger partial charge is 0.253 e. The average Bonchev–Trinajstić information content (AvgIpc) is 2.84. The first kappa shape index (κ1) is 12.6. The van der Waals surface area contributed by atoms with Gasteiger partial charge in [-0.3, -0.25) is 9.89 Å². The average molecular weight is 268 g/mol. The van der Waals surface area contributed by atoms with Crippen LogP contribution < -0.4 is 0 Å². The lowest BCUT2D eigenvalue weighted by Gasteiger charge is -2.16. The van der Waals surface area contributed by atoms with Crippen molar-refractivity contribution >= 4 is 17.5 Å². The van der Waals surface area contributed by atoms with Crippen molar-refractivity contribution in [2.75, 3.05) is 7.05 Å². The zero-order valence-electron chi connectivity index (χ0n) is 9.65. The number of aromatic amines is 1. The Morgan fingerprint density at radius 2 is 2.33 bits per heavy atom. The van der Waals surface area contributed by atoms with Crippen LogP contribution in [0.5, 0.6) is 0 Å². The minimum Gasteiger partial charge on any atom is -0.337 e. The van der Waals surface area contributed by atoms with E-state index < -0.39 is 5.82 Å². The Kier molecular flexibility index (Phi) is 3.62. The maximum Gasteiger partial charge on any atom is 0.253 e. The quantitative estimate of drug-likeness (QED) is 0.929. The van der Waals surface area contributed by atoms with Crippen molar-refractivity contribution in [3.8, 4) is 0 Å². The Morgan fingerprint density at radius 3 is 2.94 bits per heavy atom. The number of nitrogens with zero attached hydrogens (tertiary/aromatic N) is 2. The van der Waals surface area contributed by atoms with Gasteiger partial charge >= 0.3 is 0 Å². The van der Waals surface area contributed by atoms with Gasteiger partial charge in [0.2, 0.25) is 0 Å². The summed E-state index contributed by atoms with van der Waals surface area (Å²) in [5.74, 6) is -0.760. The Bertz CT molecular complexity index is 556. The number of carbonyl (C=O) groups is 1. The maximum absolute atomic E-state index is 13.0. The van der Waals surface area contributed by atoms with Crippen molar-refractivity contribution in [1.82, 2.24) is 15.1 Å². The number of hydrogen-bond acceptors (Lipinski definition) is 2. The molecular formula is C12H11ClFN3O. The third-order valence-electron chi connectivity index (χ3n) is 2.49. The second-order valence-corrected chi connectivity index (χ2v) is 4.30. The molecule has 0 unspecified atom stereocenters. The van der Waals surface area contributed by atoms with E-state index in [9.17, 15) is 9.18 Å². The van der Waals surface area contributed by atoms with Crippen LogP contribution in [0.15, 0.2) is 30.6 Å². The molecule has 0 fully saturated rings. The first-order valence-corrected chi connectivity index (χ1v) is 5.64. The molecule has 0 atom stereocenters. The molecule has 94 valence electrons. The van der Waals surface area contributed by atoms with Gasteiger partial charge in [0.1, 0.15) is 5.82 Å². The Hall–Kier alpha value is -1.88. The molecule has 0 radical (unpaired) electrons. The molecule has 2 rings (SSSR count). The fraction of sp³-hybridized carbons (Fsp3) is 0.167. The molecule has 1 aromatic heterocycles. The molecule has 4 nitrogen and oxygen atoms in total. The van der Waals surface area contributed by atoms with E-state index in [-0.39, 0.29) is 10.9 Å². The van der Waals surface area contributed by atoms with E-state index in [0.717, 1.165) is 5.56 Å². The summed E-state index contributed by atoms with van der Waals surface area (Å²) in [6.45, 7) is 0.421. The van der Waals surface area contributed by atoms with Crippen LogP contribution in [0, 0.1) is 5.82 Å². The molecule has 0 aliphatic heterocycles. The Labute approximate surface area is 108 Å². The van der Waals surface area contributed by atoms with Gasteiger partial charge in [0.15, 0.2) is 0 Å². The van der Waals surface area contributed by atoms with Crippen LogP contribution in [-0.2, 0) is 6.54 Å². The Morgan fingerprint density at radius 1 is 1.56 bits per heavy atom. The number of aromatic nitrogens is 2. The van der Waals surface area contributed by atoms with Crippen LogP contribution >= 0.6 is 11.6 Å². The normalized spacial score (nSPS) is 10.4. The van der Waals surface area contributed by atoms with Crippen LogP contribution in [-0.4, -0.2) is 28.1 Å². The predicted molar refractivity (Wildman–Crippen MR) is 65.8 cm³/mol. The molecule has 1 heterocycles. The lowest BCUT2D eigenvalue weighted by atomic mass is 10.2. The van der Waals surface area contributed by atoms with Crippen molar-refractivity contribution < 1.29 is 9.18 Å². The maximum atomic E-state index is 13.0. The van der Waals surface area contributed by atoms with Gasteiger partial charge in [0, 0.05) is 30.9 Å². The number of rotatable bonds is 3. The molecular weight excluding hydrogens is 257 g/mol. The van der Waals surface area contributed by atoms with Crippen LogP contribution in [0.2, 0.25) is 5.02 Å². The molecule has 0 bridgehead atoms. The van der Waals surface area contributed by atoms with E-state index in [2.05, 4.69) is 10.2 Å². The molecule has 2 aromatic rings. The van der Waals surface area contributed by atoms with E-state index in [4.69, 9.17) is 11.6 Å². The zero-order chi connectivity index (χ0) is 13.1. The SMILES string of the molecule is CN(Cc1cn[nH]c1)C(=O)c1ccc(F)c(Cl)c1. The van der Waals surface area contributed by atoms with Crippen molar-refractivity contribution in [2.24, 2.45) is 0 Å². The summed E-state index contributed by atoms with van der Waals surface area (Å²) in [6, 6.07) is 3.92. The van der Waals surface area contributed by atoms with Crippen molar-refractivity contribution in [3.05, 3.63) is 52.6 Å². The second-order valence-electron chi connectivity index (χ2n) is 3.90. The number of halogens is 2. The number of hydrogen-bond donors (Lipinski definition) is 1. The van der Waals surface area contributed by atoms with Gasteiger partial charge in [-0.15, -0.1) is 0 Å². The molecule has 1 N–H and O–H groups in total. The van der Waals surface area contributed by atoms with Crippen LogP contribution in [0.1, 0.15) is 15.9 Å². The van der Waals surface area contributed by atoms with Crippen molar-refractivity contribution in [1.29, 1.82) is 0 Å². The molecule has 18 heavy (non-hydrogen) atoms. The molecule has 1 amide bonds. The molecule has 0 spiro atoms. The monoisotopic (exact) mass is 267 g/mol.